The van der Waals surface area contributed by atoms with E-state index in [1.165, 1.54) is 6.08 Å². The SMILES string of the molecule is O=C(/C=C/c1cccc(NC(=O)c2ccccc2Cl)c1)c1ccccc1Cl. The Balaban J connectivity index is 1.74. The molecule has 3 nitrogen and oxygen atoms in total. The summed E-state index contributed by atoms with van der Waals surface area (Å²) in [5.74, 6) is -0.486. The molecule has 5 heteroatoms. The molecular formula is C22H15Cl2NO2. The summed E-state index contributed by atoms with van der Waals surface area (Å²) in [7, 11) is 0. The van der Waals surface area contributed by atoms with Crippen LogP contribution in [0, 0.1) is 0 Å². The molecule has 0 aliphatic rings. The first-order valence-electron chi connectivity index (χ1n) is 8.17. The van der Waals surface area contributed by atoms with E-state index in [4.69, 9.17) is 23.2 Å². The zero-order chi connectivity index (χ0) is 19.2. The van der Waals surface area contributed by atoms with Crippen LogP contribution in [0.3, 0.4) is 0 Å². The van der Waals surface area contributed by atoms with Crippen molar-refractivity contribution in [1.29, 1.82) is 0 Å². The highest BCUT2D eigenvalue weighted by Gasteiger charge is 2.10. The second kappa shape index (κ2) is 8.67. The maximum absolute atomic E-state index is 12.4. The summed E-state index contributed by atoms with van der Waals surface area (Å²) in [6.07, 6.45) is 3.13. The Bertz CT molecular complexity index is 1030. The third kappa shape index (κ3) is 4.85. The number of allylic oxidation sites excluding steroid dienone is 1. The van der Waals surface area contributed by atoms with E-state index in [0.29, 0.717) is 26.9 Å². The van der Waals surface area contributed by atoms with Crippen molar-refractivity contribution in [3.63, 3.8) is 0 Å². The van der Waals surface area contributed by atoms with E-state index in [1.54, 1.807) is 72.8 Å². The molecule has 0 aliphatic heterocycles. The van der Waals surface area contributed by atoms with Crippen LogP contribution in [0.2, 0.25) is 10.0 Å². The van der Waals surface area contributed by atoms with Crippen LogP contribution in [-0.2, 0) is 0 Å². The third-order valence-corrected chi connectivity index (χ3v) is 4.49. The number of ketones is 1. The molecule has 3 aromatic carbocycles. The van der Waals surface area contributed by atoms with E-state index in [9.17, 15) is 9.59 Å². The molecule has 1 N–H and O–H groups in total. The Hall–Kier alpha value is -2.88. The number of amides is 1. The quantitative estimate of drug-likeness (QED) is 0.416. The number of carbonyl (C=O) groups excluding carboxylic acids is 2. The van der Waals surface area contributed by atoms with Gasteiger partial charge in [0.05, 0.1) is 15.6 Å². The maximum Gasteiger partial charge on any atom is 0.257 e. The van der Waals surface area contributed by atoms with E-state index >= 15 is 0 Å². The molecule has 1 amide bonds. The van der Waals surface area contributed by atoms with Crippen LogP contribution in [-0.4, -0.2) is 11.7 Å². The summed E-state index contributed by atoms with van der Waals surface area (Å²) >= 11 is 12.1. The molecule has 0 saturated heterocycles. The summed E-state index contributed by atoms with van der Waals surface area (Å²) in [5, 5.41) is 3.60. The number of hydrogen-bond donors (Lipinski definition) is 1. The first-order valence-corrected chi connectivity index (χ1v) is 8.93. The number of anilines is 1. The highest BCUT2D eigenvalue weighted by atomic mass is 35.5. The van der Waals surface area contributed by atoms with Crippen molar-refractivity contribution in [1.82, 2.24) is 0 Å². The first-order chi connectivity index (χ1) is 13.0. The Kier molecular flexibility index (Phi) is 6.07. The minimum absolute atomic E-state index is 0.189. The van der Waals surface area contributed by atoms with E-state index < -0.39 is 0 Å². The van der Waals surface area contributed by atoms with Crippen molar-refractivity contribution in [3.05, 3.63) is 106 Å². The Morgan fingerprint density at radius 2 is 1.41 bits per heavy atom. The van der Waals surface area contributed by atoms with Gasteiger partial charge in [-0.05, 0) is 48.0 Å². The number of nitrogens with one attached hydrogen (secondary N) is 1. The van der Waals surface area contributed by atoms with Gasteiger partial charge in [0.1, 0.15) is 0 Å². The molecule has 0 aromatic heterocycles. The molecule has 0 heterocycles. The van der Waals surface area contributed by atoms with Gasteiger partial charge in [-0.2, -0.15) is 0 Å². The normalized spacial score (nSPS) is 10.7. The van der Waals surface area contributed by atoms with Gasteiger partial charge in [-0.15, -0.1) is 0 Å². The lowest BCUT2D eigenvalue weighted by Crippen LogP contribution is -2.12. The van der Waals surface area contributed by atoms with E-state index in [-0.39, 0.29) is 11.7 Å². The van der Waals surface area contributed by atoms with Crippen LogP contribution in [0.15, 0.2) is 78.9 Å². The summed E-state index contributed by atoms with van der Waals surface area (Å²) < 4.78 is 0. The fraction of sp³-hybridized carbons (Fsp3) is 0. The maximum atomic E-state index is 12.4. The predicted octanol–water partition coefficient (Wildman–Crippen LogP) is 6.14. The molecule has 0 spiro atoms. The lowest BCUT2D eigenvalue weighted by molar-refractivity contribution is 0.102. The van der Waals surface area contributed by atoms with Gasteiger partial charge in [0, 0.05) is 11.3 Å². The molecular weight excluding hydrogens is 381 g/mol. The van der Waals surface area contributed by atoms with Crippen molar-refractivity contribution in [2.75, 3.05) is 5.32 Å². The molecule has 27 heavy (non-hydrogen) atoms. The summed E-state index contributed by atoms with van der Waals surface area (Å²) in [6, 6.07) is 20.9. The lowest BCUT2D eigenvalue weighted by atomic mass is 10.1. The molecule has 134 valence electrons. The standard InChI is InChI=1S/C22H15Cl2NO2/c23-19-10-3-1-8-17(19)21(26)13-12-15-6-5-7-16(14-15)25-22(27)18-9-2-4-11-20(18)24/h1-14H,(H,25,27)/b13-12+. The monoisotopic (exact) mass is 395 g/mol. The van der Waals surface area contributed by atoms with Gasteiger partial charge in [0.25, 0.3) is 5.91 Å². The van der Waals surface area contributed by atoms with Gasteiger partial charge in [-0.25, -0.2) is 0 Å². The van der Waals surface area contributed by atoms with E-state index in [1.807, 2.05) is 6.07 Å². The van der Waals surface area contributed by atoms with Gasteiger partial charge >= 0.3 is 0 Å². The first kappa shape index (κ1) is 18.9. The minimum Gasteiger partial charge on any atom is -0.322 e. The number of halogens is 2. The van der Waals surface area contributed by atoms with E-state index in [0.717, 1.165) is 5.56 Å². The third-order valence-electron chi connectivity index (χ3n) is 3.83. The zero-order valence-corrected chi connectivity index (χ0v) is 15.7. The van der Waals surface area contributed by atoms with Crippen molar-refractivity contribution in [2.24, 2.45) is 0 Å². The second-order valence-corrected chi connectivity index (χ2v) is 6.55. The van der Waals surface area contributed by atoms with Crippen molar-refractivity contribution in [3.8, 4) is 0 Å². The van der Waals surface area contributed by atoms with Crippen LogP contribution in [0.5, 0.6) is 0 Å². The Labute approximate surface area is 167 Å². The smallest absolute Gasteiger partial charge is 0.257 e. The molecule has 0 atom stereocenters. The number of carbonyl (C=O) groups is 2. The Morgan fingerprint density at radius 3 is 2.07 bits per heavy atom. The summed E-state index contributed by atoms with van der Waals surface area (Å²) in [6.45, 7) is 0. The minimum atomic E-state index is -0.297. The average Bonchev–Trinajstić information content (AvgIpc) is 2.67. The van der Waals surface area contributed by atoms with Crippen LogP contribution in [0.4, 0.5) is 5.69 Å². The lowest BCUT2D eigenvalue weighted by Gasteiger charge is -2.07. The summed E-state index contributed by atoms with van der Waals surface area (Å²) in [4.78, 5) is 24.6. The molecule has 0 saturated carbocycles. The van der Waals surface area contributed by atoms with Crippen LogP contribution in [0.25, 0.3) is 6.08 Å². The summed E-state index contributed by atoms with van der Waals surface area (Å²) in [5.41, 5.74) is 2.22. The molecule has 3 aromatic rings. The van der Waals surface area contributed by atoms with Gasteiger partial charge in [0.2, 0.25) is 0 Å². The van der Waals surface area contributed by atoms with Crippen molar-refractivity contribution in [2.45, 2.75) is 0 Å². The predicted molar refractivity (Wildman–Crippen MR) is 111 cm³/mol. The van der Waals surface area contributed by atoms with Gasteiger partial charge in [-0.1, -0.05) is 65.7 Å². The van der Waals surface area contributed by atoms with Crippen molar-refractivity contribution >= 4 is 46.7 Å². The number of hydrogen-bond acceptors (Lipinski definition) is 2. The molecule has 0 bridgehead atoms. The number of benzene rings is 3. The highest BCUT2D eigenvalue weighted by molar-refractivity contribution is 6.35. The van der Waals surface area contributed by atoms with Crippen LogP contribution < -0.4 is 5.32 Å². The largest absolute Gasteiger partial charge is 0.322 e. The topological polar surface area (TPSA) is 46.2 Å². The van der Waals surface area contributed by atoms with Crippen LogP contribution in [0.1, 0.15) is 26.3 Å². The highest BCUT2D eigenvalue weighted by Crippen LogP contribution is 2.19. The van der Waals surface area contributed by atoms with E-state index in [2.05, 4.69) is 5.32 Å². The van der Waals surface area contributed by atoms with Gasteiger partial charge in [-0.3, -0.25) is 9.59 Å². The van der Waals surface area contributed by atoms with Gasteiger partial charge in [0.15, 0.2) is 5.78 Å². The number of rotatable bonds is 5. The Morgan fingerprint density at radius 1 is 0.778 bits per heavy atom. The molecule has 3 rings (SSSR count). The second-order valence-electron chi connectivity index (χ2n) is 5.74. The zero-order valence-electron chi connectivity index (χ0n) is 14.2. The van der Waals surface area contributed by atoms with Crippen molar-refractivity contribution < 1.29 is 9.59 Å². The van der Waals surface area contributed by atoms with Crippen LogP contribution >= 0.6 is 23.2 Å². The fourth-order valence-corrected chi connectivity index (χ4v) is 2.94. The molecule has 0 unspecified atom stereocenters. The molecule has 0 radical (unpaired) electrons. The molecule has 0 aliphatic carbocycles. The van der Waals surface area contributed by atoms with Gasteiger partial charge < -0.3 is 5.32 Å². The fourth-order valence-electron chi connectivity index (χ4n) is 2.49. The average molecular weight is 396 g/mol. The molecule has 0 fully saturated rings.